The van der Waals surface area contributed by atoms with Crippen LogP contribution in [0.2, 0.25) is 0 Å². The van der Waals surface area contributed by atoms with E-state index in [-0.39, 0.29) is 24.0 Å². The summed E-state index contributed by atoms with van der Waals surface area (Å²) in [5.41, 5.74) is 0. The third-order valence-corrected chi connectivity index (χ3v) is 5.17. The highest BCUT2D eigenvalue weighted by molar-refractivity contribution is 14.0. The summed E-state index contributed by atoms with van der Waals surface area (Å²) >= 11 is 0. The van der Waals surface area contributed by atoms with Gasteiger partial charge in [-0.1, -0.05) is 13.8 Å². The fourth-order valence-corrected chi connectivity index (χ4v) is 3.28. The molecule has 0 aromatic carbocycles. The summed E-state index contributed by atoms with van der Waals surface area (Å²) in [5.74, 6) is 0.958. The van der Waals surface area contributed by atoms with E-state index in [2.05, 4.69) is 67.1 Å². The van der Waals surface area contributed by atoms with Gasteiger partial charge in [-0.3, -0.25) is 9.89 Å². The molecule has 0 aromatic rings. The van der Waals surface area contributed by atoms with Crippen molar-refractivity contribution in [2.24, 2.45) is 4.99 Å². The molecule has 2 atom stereocenters. The van der Waals surface area contributed by atoms with Gasteiger partial charge in [-0.25, -0.2) is 0 Å². The van der Waals surface area contributed by atoms with E-state index in [0.717, 1.165) is 51.8 Å². The number of nitrogens with zero attached hydrogens (tertiary/aromatic N) is 4. The van der Waals surface area contributed by atoms with Crippen LogP contribution < -0.4 is 10.6 Å². The van der Waals surface area contributed by atoms with Gasteiger partial charge in [0.25, 0.3) is 0 Å². The molecule has 2 unspecified atom stereocenters. The molecule has 1 fully saturated rings. The number of aliphatic imine (C=N–C) groups is 1. The summed E-state index contributed by atoms with van der Waals surface area (Å²) < 4.78 is 0. The Morgan fingerprint density at radius 1 is 1.19 bits per heavy atom. The smallest absolute Gasteiger partial charge is 0.191 e. The molecule has 26 heavy (non-hydrogen) atoms. The maximum atomic E-state index is 4.85. The van der Waals surface area contributed by atoms with Crippen LogP contribution in [0.1, 0.15) is 40.5 Å². The van der Waals surface area contributed by atoms with Gasteiger partial charge in [-0.15, -0.1) is 24.0 Å². The van der Waals surface area contributed by atoms with Crippen LogP contribution >= 0.6 is 24.0 Å². The number of halogens is 1. The van der Waals surface area contributed by atoms with Gasteiger partial charge in [0.05, 0.1) is 6.54 Å². The van der Waals surface area contributed by atoms with Crippen molar-refractivity contribution < 1.29 is 0 Å². The zero-order valence-electron chi connectivity index (χ0n) is 17.9. The largest absolute Gasteiger partial charge is 0.357 e. The second-order valence-corrected chi connectivity index (χ2v) is 7.33. The Kier molecular flexibility index (Phi) is 14.8. The lowest BCUT2D eigenvalue weighted by Gasteiger charge is -2.37. The highest BCUT2D eigenvalue weighted by Gasteiger charge is 2.21. The van der Waals surface area contributed by atoms with E-state index in [0.29, 0.717) is 12.1 Å². The molecule has 2 N–H and O–H groups in total. The van der Waals surface area contributed by atoms with Crippen molar-refractivity contribution in [2.45, 2.75) is 52.6 Å². The molecule has 1 heterocycles. The zero-order chi connectivity index (χ0) is 18.7. The lowest BCUT2D eigenvalue weighted by atomic mass is 10.1. The van der Waals surface area contributed by atoms with Crippen molar-refractivity contribution in [2.75, 3.05) is 66.5 Å². The molecule has 1 rings (SSSR count). The van der Waals surface area contributed by atoms with E-state index < -0.39 is 0 Å². The molecule has 0 amide bonds. The van der Waals surface area contributed by atoms with E-state index in [1.165, 1.54) is 19.4 Å². The maximum Gasteiger partial charge on any atom is 0.191 e. The summed E-state index contributed by atoms with van der Waals surface area (Å²) in [5, 5.41) is 6.98. The van der Waals surface area contributed by atoms with Gasteiger partial charge in [-0.2, -0.15) is 0 Å². The second-order valence-electron chi connectivity index (χ2n) is 7.33. The average molecular weight is 482 g/mol. The number of likely N-dealkylation sites (N-methyl/N-ethyl adjacent to an activating group) is 2. The summed E-state index contributed by atoms with van der Waals surface area (Å²) in [6, 6.07) is 0.951. The molecule has 0 spiro atoms. The first-order chi connectivity index (χ1) is 12.0. The minimum absolute atomic E-state index is 0. The Bertz CT molecular complexity index is 375. The fraction of sp³-hybridized carbons (Fsp3) is 0.947. The number of nitrogens with one attached hydrogen (secondary N) is 2. The lowest BCUT2D eigenvalue weighted by Crippen LogP contribution is -2.52. The molecular formula is C19H43IN6. The van der Waals surface area contributed by atoms with Crippen LogP contribution in [0.3, 0.4) is 0 Å². The van der Waals surface area contributed by atoms with Crippen molar-refractivity contribution in [1.82, 2.24) is 25.3 Å². The number of piperazine rings is 1. The van der Waals surface area contributed by atoms with Crippen LogP contribution in [0.15, 0.2) is 4.99 Å². The SMILES string of the molecule is CCNC(=NCC1CN(C)CCN1C)NC(C)CCCN(CC)CC.I. The Labute approximate surface area is 179 Å². The van der Waals surface area contributed by atoms with E-state index in [1.54, 1.807) is 0 Å². The Morgan fingerprint density at radius 3 is 2.50 bits per heavy atom. The third kappa shape index (κ3) is 10.3. The normalized spacial score (nSPS) is 20.7. The van der Waals surface area contributed by atoms with Gasteiger partial charge in [0.15, 0.2) is 5.96 Å². The highest BCUT2D eigenvalue weighted by Crippen LogP contribution is 2.06. The molecule has 1 saturated heterocycles. The summed E-state index contributed by atoms with van der Waals surface area (Å²) in [6.45, 7) is 17.5. The van der Waals surface area contributed by atoms with Gasteiger partial charge in [0, 0.05) is 38.3 Å². The first-order valence-corrected chi connectivity index (χ1v) is 10.2. The Balaban J connectivity index is 0.00000625. The summed E-state index contributed by atoms with van der Waals surface area (Å²) in [6.07, 6.45) is 2.40. The molecule has 0 bridgehead atoms. The standard InChI is InChI=1S/C19H42N6.HI/c1-7-20-19(21-15-18-16-23(5)13-14-24(18)6)22-17(4)11-10-12-25(8-2)9-3;/h17-18H,7-16H2,1-6H3,(H2,20,21,22);1H. The predicted molar refractivity (Wildman–Crippen MR) is 125 cm³/mol. The average Bonchev–Trinajstić information content (AvgIpc) is 2.59. The molecular weight excluding hydrogens is 439 g/mol. The molecule has 0 aliphatic carbocycles. The molecule has 0 radical (unpaired) electrons. The van der Waals surface area contributed by atoms with Crippen molar-refractivity contribution >= 4 is 29.9 Å². The minimum atomic E-state index is 0. The number of hydrogen-bond donors (Lipinski definition) is 2. The van der Waals surface area contributed by atoms with Gasteiger partial charge in [0.1, 0.15) is 0 Å². The third-order valence-electron chi connectivity index (χ3n) is 5.17. The van der Waals surface area contributed by atoms with E-state index >= 15 is 0 Å². The van der Waals surface area contributed by atoms with Crippen LogP contribution in [0.5, 0.6) is 0 Å². The predicted octanol–water partition coefficient (Wildman–Crippen LogP) is 1.92. The number of hydrogen-bond acceptors (Lipinski definition) is 4. The van der Waals surface area contributed by atoms with E-state index in [1.807, 2.05) is 0 Å². The molecule has 0 saturated carbocycles. The number of rotatable bonds is 10. The van der Waals surface area contributed by atoms with E-state index in [9.17, 15) is 0 Å². The van der Waals surface area contributed by atoms with Crippen LogP contribution in [-0.2, 0) is 0 Å². The first-order valence-electron chi connectivity index (χ1n) is 10.2. The highest BCUT2D eigenvalue weighted by atomic mass is 127. The molecule has 7 heteroatoms. The minimum Gasteiger partial charge on any atom is -0.357 e. The molecule has 1 aliphatic rings. The molecule has 1 aliphatic heterocycles. The van der Waals surface area contributed by atoms with Crippen LogP contribution in [0, 0.1) is 0 Å². The van der Waals surface area contributed by atoms with Crippen LogP contribution in [0.4, 0.5) is 0 Å². The quantitative estimate of drug-likeness (QED) is 0.283. The van der Waals surface area contributed by atoms with Gasteiger partial charge in [0.2, 0.25) is 0 Å². The molecule has 6 nitrogen and oxygen atoms in total. The van der Waals surface area contributed by atoms with Crippen molar-refractivity contribution in [3.8, 4) is 0 Å². The van der Waals surface area contributed by atoms with Gasteiger partial charge < -0.3 is 20.4 Å². The number of guanidine groups is 1. The van der Waals surface area contributed by atoms with Gasteiger partial charge >= 0.3 is 0 Å². The maximum absolute atomic E-state index is 4.85. The molecule has 0 aromatic heterocycles. The van der Waals surface area contributed by atoms with Crippen molar-refractivity contribution in [3.05, 3.63) is 0 Å². The van der Waals surface area contributed by atoms with Gasteiger partial charge in [-0.05, 0) is 60.4 Å². The zero-order valence-corrected chi connectivity index (χ0v) is 20.3. The van der Waals surface area contributed by atoms with Crippen molar-refractivity contribution in [3.63, 3.8) is 0 Å². The van der Waals surface area contributed by atoms with Crippen molar-refractivity contribution in [1.29, 1.82) is 0 Å². The first kappa shape index (κ1) is 25.9. The Morgan fingerprint density at radius 2 is 1.88 bits per heavy atom. The summed E-state index contributed by atoms with van der Waals surface area (Å²) in [4.78, 5) is 12.2. The van der Waals surface area contributed by atoms with Crippen LogP contribution in [-0.4, -0.2) is 99.2 Å². The fourth-order valence-electron chi connectivity index (χ4n) is 3.28. The monoisotopic (exact) mass is 482 g/mol. The van der Waals surface area contributed by atoms with E-state index in [4.69, 9.17) is 4.99 Å². The lowest BCUT2D eigenvalue weighted by molar-refractivity contribution is 0.119. The summed E-state index contributed by atoms with van der Waals surface area (Å²) in [7, 11) is 4.41. The topological polar surface area (TPSA) is 46.1 Å². The van der Waals surface area contributed by atoms with Crippen LogP contribution in [0.25, 0.3) is 0 Å². The second kappa shape index (κ2) is 14.9. The Hall–Kier alpha value is -0.120. The molecule has 156 valence electrons.